The van der Waals surface area contributed by atoms with Crippen LogP contribution in [0.15, 0.2) is 29.8 Å². The van der Waals surface area contributed by atoms with Crippen LogP contribution >= 0.6 is 11.3 Å². The van der Waals surface area contributed by atoms with Gasteiger partial charge in [-0.1, -0.05) is 6.07 Å². The van der Waals surface area contributed by atoms with E-state index in [1.165, 1.54) is 11.3 Å². The summed E-state index contributed by atoms with van der Waals surface area (Å²) in [7, 11) is 1.55. The van der Waals surface area contributed by atoms with Crippen molar-refractivity contribution in [3.63, 3.8) is 0 Å². The molecule has 1 saturated heterocycles. The van der Waals surface area contributed by atoms with Gasteiger partial charge >= 0.3 is 0 Å². The molecule has 120 valence electrons. The topological polar surface area (TPSA) is 84.4 Å². The summed E-state index contributed by atoms with van der Waals surface area (Å²) in [6.07, 6.45) is 1.06. The Balaban J connectivity index is 1.73. The summed E-state index contributed by atoms with van der Waals surface area (Å²) < 4.78 is 5.39. The third kappa shape index (κ3) is 3.38. The largest absolute Gasteiger partial charge is 0.365 e. The molecule has 8 heteroatoms. The molecule has 1 fully saturated rings. The third-order valence-electron chi connectivity index (χ3n) is 3.50. The zero-order valence-corrected chi connectivity index (χ0v) is 13.4. The van der Waals surface area contributed by atoms with Crippen LogP contribution in [0.1, 0.15) is 10.5 Å². The SMILES string of the molecule is CNC(=O)C1CN(C(=O)c2csc(-c3ccccn3)n2)CCO1. The maximum absolute atomic E-state index is 12.6. The molecule has 0 aliphatic carbocycles. The van der Waals surface area contributed by atoms with Gasteiger partial charge in [0.15, 0.2) is 6.10 Å². The zero-order valence-electron chi connectivity index (χ0n) is 12.6. The van der Waals surface area contributed by atoms with Gasteiger partial charge in [0.05, 0.1) is 18.8 Å². The van der Waals surface area contributed by atoms with Crippen molar-refractivity contribution in [1.29, 1.82) is 0 Å². The number of nitrogens with zero attached hydrogens (tertiary/aromatic N) is 3. The van der Waals surface area contributed by atoms with E-state index in [1.54, 1.807) is 23.5 Å². The van der Waals surface area contributed by atoms with Gasteiger partial charge in [-0.25, -0.2) is 4.98 Å². The number of aromatic nitrogens is 2. The molecule has 2 aromatic heterocycles. The van der Waals surface area contributed by atoms with Crippen molar-refractivity contribution in [2.45, 2.75) is 6.10 Å². The predicted octanol–water partition coefficient (Wildman–Crippen LogP) is 0.792. The Morgan fingerprint density at radius 1 is 1.43 bits per heavy atom. The van der Waals surface area contributed by atoms with E-state index >= 15 is 0 Å². The van der Waals surface area contributed by atoms with Crippen LogP contribution in [0.4, 0.5) is 0 Å². The van der Waals surface area contributed by atoms with E-state index in [0.717, 1.165) is 5.69 Å². The number of pyridine rings is 1. The molecule has 1 atom stereocenters. The highest BCUT2D eigenvalue weighted by molar-refractivity contribution is 7.13. The Bertz CT molecular complexity index is 704. The van der Waals surface area contributed by atoms with Gasteiger partial charge in [0, 0.05) is 25.2 Å². The molecule has 0 bridgehead atoms. The first-order valence-corrected chi connectivity index (χ1v) is 8.06. The fourth-order valence-corrected chi connectivity index (χ4v) is 3.06. The van der Waals surface area contributed by atoms with Crippen molar-refractivity contribution < 1.29 is 14.3 Å². The van der Waals surface area contributed by atoms with Crippen LogP contribution in [0, 0.1) is 0 Å². The second-order valence-corrected chi connectivity index (χ2v) is 5.84. The van der Waals surface area contributed by atoms with Gasteiger partial charge < -0.3 is 15.0 Å². The summed E-state index contributed by atoms with van der Waals surface area (Å²) in [5.41, 5.74) is 1.11. The number of hydrogen-bond acceptors (Lipinski definition) is 6. The molecule has 0 aromatic carbocycles. The van der Waals surface area contributed by atoms with Gasteiger partial charge in [0.1, 0.15) is 10.7 Å². The van der Waals surface area contributed by atoms with E-state index in [1.807, 2.05) is 18.2 Å². The van der Waals surface area contributed by atoms with Gasteiger partial charge in [-0.15, -0.1) is 11.3 Å². The first kappa shape index (κ1) is 15.6. The third-order valence-corrected chi connectivity index (χ3v) is 4.36. The molecule has 1 N–H and O–H groups in total. The number of nitrogens with one attached hydrogen (secondary N) is 1. The van der Waals surface area contributed by atoms with Crippen LogP contribution in [0.5, 0.6) is 0 Å². The number of rotatable bonds is 3. The standard InChI is InChI=1S/C15H16N4O3S/c1-16-13(20)12-8-19(6-7-22-12)15(21)11-9-23-14(18-11)10-4-2-3-5-17-10/h2-5,9,12H,6-8H2,1H3,(H,16,20). The normalized spacial score (nSPS) is 17.8. The van der Waals surface area contributed by atoms with Crippen molar-refractivity contribution in [3.05, 3.63) is 35.5 Å². The molecule has 1 unspecified atom stereocenters. The van der Waals surface area contributed by atoms with E-state index in [0.29, 0.717) is 23.9 Å². The van der Waals surface area contributed by atoms with Crippen molar-refractivity contribution >= 4 is 23.2 Å². The Kier molecular flexibility index (Phi) is 4.63. The minimum absolute atomic E-state index is 0.194. The smallest absolute Gasteiger partial charge is 0.273 e. The minimum atomic E-state index is -0.633. The summed E-state index contributed by atoms with van der Waals surface area (Å²) >= 11 is 1.37. The van der Waals surface area contributed by atoms with E-state index in [-0.39, 0.29) is 18.4 Å². The summed E-state index contributed by atoms with van der Waals surface area (Å²) in [6, 6.07) is 5.56. The molecular formula is C15H16N4O3S. The lowest BCUT2D eigenvalue weighted by Crippen LogP contribution is -2.51. The first-order valence-electron chi connectivity index (χ1n) is 7.18. The van der Waals surface area contributed by atoms with E-state index < -0.39 is 6.10 Å². The van der Waals surface area contributed by atoms with Crippen LogP contribution in [0.2, 0.25) is 0 Å². The van der Waals surface area contributed by atoms with Gasteiger partial charge in [-0.05, 0) is 12.1 Å². The van der Waals surface area contributed by atoms with Crippen LogP contribution in [-0.2, 0) is 9.53 Å². The number of likely N-dealkylation sites (N-methyl/N-ethyl adjacent to an activating group) is 1. The molecule has 1 aliphatic heterocycles. The molecular weight excluding hydrogens is 316 g/mol. The van der Waals surface area contributed by atoms with E-state index in [4.69, 9.17) is 4.74 Å². The molecule has 0 spiro atoms. The number of hydrogen-bond donors (Lipinski definition) is 1. The van der Waals surface area contributed by atoms with E-state index in [9.17, 15) is 9.59 Å². The summed E-state index contributed by atoms with van der Waals surface area (Å²) in [5, 5.41) is 4.95. The molecule has 3 heterocycles. The number of amides is 2. The van der Waals surface area contributed by atoms with Crippen LogP contribution < -0.4 is 5.32 Å². The lowest BCUT2D eigenvalue weighted by molar-refractivity contribution is -0.136. The van der Waals surface area contributed by atoms with Crippen molar-refractivity contribution in [2.24, 2.45) is 0 Å². The Morgan fingerprint density at radius 3 is 3.04 bits per heavy atom. The minimum Gasteiger partial charge on any atom is -0.365 e. The number of thiazole rings is 1. The zero-order chi connectivity index (χ0) is 16.2. The number of ether oxygens (including phenoxy) is 1. The Labute approximate surface area is 137 Å². The van der Waals surface area contributed by atoms with Gasteiger partial charge in [0.25, 0.3) is 11.8 Å². The van der Waals surface area contributed by atoms with Crippen LogP contribution in [0.25, 0.3) is 10.7 Å². The fourth-order valence-electron chi connectivity index (χ4n) is 2.29. The molecule has 23 heavy (non-hydrogen) atoms. The van der Waals surface area contributed by atoms with Gasteiger partial charge in [0.2, 0.25) is 0 Å². The van der Waals surface area contributed by atoms with Crippen molar-refractivity contribution in [1.82, 2.24) is 20.2 Å². The first-order chi connectivity index (χ1) is 11.2. The highest BCUT2D eigenvalue weighted by Gasteiger charge is 2.30. The van der Waals surface area contributed by atoms with Gasteiger partial charge in [-0.3, -0.25) is 14.6 Å². The Morgan fingerprint density at radius 2 is 2.30 bits per heavy atom. The number of carbonyl (C=O) groups is 2. The summed E-state index contributed by atoms with van der Waals surface area (Å²) in [5.74, 6) is -0.421. The average Bonchev–Trinajstić information content (AvgIpc) is 3.11. The molecule has 1 aliphatic rings. The number of carbonyl (C=O) groups excluding carboxylic acids is 2. The maximum Gasteiger partial charge on any atom is 0.273 e. The van der Waals surface area contributed by atoms with Crippen LogP contribution in [0.3, 0.4) is 0 Å². The lowest BCUT2D eigenvalue weighted by atomic mass is 10.2. The van der Waals surface area contributed by atoms with Crippen molar-refractivity contribution in [3.8, 4) is 10.7 Å². The number of morpholine rings is 1. The molecule has 0 radical (unpaired) electrons. The summed E-state index contributed by atoms with van der Waals surface area (Å²) in [4.78, 5) is 34.4. The lowest BCUT2D eigenvalue weighted by Gasteiger charge is -2.31. The summed E-state index contributed by atoms with van der Waals surface area (Å²) in [6.45, 7) is 1.01. The average molecular weight is 332 g/mol. The monoisotopic (exact) mass is 332 g/mol. The van der Waals surface area contributed by atoms with Gasteiger partial charge in [-0.2, -0.15) is 0 Å². The highest BCUT2D eigenvalue weighted by atomic mass is 32.1. The molecule has 0 saturated carbocycles. The maximum atomic E-state index is 12.6. The van der Waals surface area contributed by atoms with Crippen molar-refractivity contribution in [2.75, 3.05) is 26.7 Å². The van der Waals surface area contributed by atoms with E-state index in [2.05, 4.69) is 15.3 Å². The fraction of sp³-hybridized carbons (Fsp3) is 0.333. The quantitative estimate of drug-likeness (QED) is 0.898. The Hall–Kier alpha value is -2.32. The predicted molar refractivity (Wildman–Crippen MR) is 85.1 cm³/mol. The molecule has 2 aromatic rings. The molecule has 7 nitrogen and oxygen atoms in total. The molecule has 3 rings (SSSR count). The molecule has 2 amide bonds. The second-order valence-electron chi connectivity index (χ2n) is 4.98. The highest BCUT2D eigenvalue weighted by Crippen LogP contribution is 2.22. The van der Waals surface area contributed by atoms with Crippen LogP contribution in [-0.4, -0.2) is 59.5 Å². The second kappa shape index (κ2) is 6.84.